The molecule has 0 radical (unpaired) electrons. The molecule has 0 aliphatic carbocycles. The molecule has 19 heavy (non-hydrogen) atoms. The van der Waals surface area contributed by atoms with E-state index in [1.807, 2.05) is 0 Å². The zero-order valence-electron chi connectivity index (χ0n) is 11.7. The first-order valence-corrected chi connectivity index (χ1v) is 7.90. The van der Waals surface area contributed by atoms with Gasteiger partial charge in [0.1, 0.15) is 9.61 Å². The number of hydrogen-bond acceptors (Lipinski definition) is 3. The average Bonchev–Trinajstić information content (AvgIpc) is 2.69. The minimum atomic E-state index is 0.149. The van der Waals surface area contributed by atoms with Gasteiger partial charge in [-0.2, -0.15) is 0 Å². The number of nitrogens with two attached hydrogens (primary N) is 1. The number of thiazole rings is 1. The summed E-state index contributed by atoms with van der Waals surface area (Å²) in [5.41, 5.74) is 9.67. The van der Waals surface area contributed by atoms with Crippen LogP contribution in [0, 0.1) is 6.92 Å². The molecule has 0 aliphatic heterocycles. The Labute approximate surface area is 127 Å². The van der Waals surface area contributed by atoms with Crippen molar-refractivity contribution in [2.75, 3.05) is 0 Å². The molecule has 2 N–H and O–H groups in total. The summed E-state index contributed by atoms with van der Waals surface area (Å²) in [5.74, 6) is 0. The zero-order valence-corrected chi connectivity index (χ0v) is 14.2. The molecule has 0 saturated carbocycles. The van der Waals surface area contributed by atoms with Crippen LogP contribution >= 0.6 is 27.3 Å². The van der Waals surface area contributed by atoms with Crippen LogP contribution in [-0.2, 0) is 12.0 Å². The Morgan fingerprint density at radius 1 is 1.32 bits per heavy atom. The van der Waals surface area contributed by atoms with E-state index in [-0.39, 0.29) is 5.41 Å². The van der Waals surface area contributed by atoms with Gasteiger partial charge in [0.15, 0.2) is 0 Å². The highest BCUT2D eigenvalue weighted by Crippen LogP contribution is 2.37. The van der Waals surface area contributed by atoms with E-state index in [0.717, 1.165) is 9.61 Å². The lowest BCUT2D eigenvalue weighted by Crippen LogP contribution is -2.11. The van der Waals surface area contributed by atoms with Crippen LogP contribution in [0.1, 0.15) is 36.9 Å². The van der Waals surface area contributed by atoms with Crippen molar-refractivity contribution >= 4 is 27.3 Å². The summed E-state index contributed by atoms with van der Waals surface area (Å²) in [6, 6.07) is 6.66. The van der Waals surface area contributed by atoms with Crippen molar-refractivity contribution in [1.82, 2.24) is 4.98 Å². The predicted molar refractivity (Wildman–Crippen MR) is 86.6 cm³/mol. The van der Waals surface area contributed by atoms with Crippen LogP contribution in [0.4, 0.5) is 0 Å². The first-order chi connectivity index (χ1) is 8.82. The van der Waals surface area contributed by atoms with E-state index < -0.39 is 0 Å². The summed E-state index contributed by atoms with van der Waals surface area (Å²) >= 11 is 5.21. The van der Waals surface area contributed by atoms with Crippen molar-refractivity contribution < 1.29 is 0 Å². The Bertz CT molecular complexity index is 597. The Morgan fingerprint density at radius 3 is 2.53 bits per heavy atom. The fourth-order valence-corrected chi connectivity index (χ4v) is 3.63. The van der Waals surface area contributed by atoms with Gasteiger partial charge in [-0.15, -0.1) is 11.3 Å². The van der Waals surface area contributed by atoms with Crippen LogP contribution in [0.5, 0.6) is 0 Å². The molecule has 0 spiro atoms. The molecule has 102 valence electrons. The Morgan fingerprint density at radius 2 is 2.00 bits per heavy atom. The lowest BCUT2D eigenvalue weighted by molar-refractivity contribution is 0.590. The zero-order chi connectivity index (χ0) is 14.2. The highest BCUT2D eigenvalue weighted by molar-refractivity contribution is 9.10. The van der Waals surface area contributed by atoms with E-state index >= 15 is 0 Å². The summed E-state index contributed by atoms with van der Waals surface area (Å²) in [6.07, 6.45) is 0. The second kappa shape index (κ2) is 5.35. The number of hydrogen-bond donors (Lipinski definition) is 1. The third-order valence-corrected chi connectivity index (χ3v) is 5.10. The Kier molecular flexibility index (Phi) is 4.14. The van der Waals surface area contributed by atoms with Gasteiger partial charge in [0.2, 0.25) is 0 Å². The third kappa shape index (κ3) is 3.07. The lowest BCUT2D eigenvalue weighted by atomic mass is 9.85. The van der Waals surface area contributed by atoms with Gasteiger partial charge in [0.25, 0.3) is 0 Å². The molecule has 1 heterocycles. The predicted octanol–water partition coefficient (Wildman–Crippen LogP) is 4.64. The van der Waals surface area contributed by atoms with Gasteiger partial charge in [-0.1, -0.05) is 32.9 Å². The smallest absolute Gasteiger partial charge is 0.125 e. The van der Waals surface area contributed by atoms with Gasteiger partial charge in [0, 0.05) is 6.54 Å². The standard InChI is InChI=1S/C15H19BrN2S/c1-9-5-6-10(15(2,3)4)7-11(9)13-14(16)18-12(8-17)19-13/h5-7H,8,17H2,1-4H3. The maximum atomic E-state index is 5.67. The third-order valence-electron chi connectivity index (χ3n) is 3.15. The van der Waals surface area contributed by atoms with Crippen molar-refractivity contribution in [3.63, 3.8) is 0 Å². The number of nitrogens with zero attached hydrogens (tertiary/aromatic N) is 1. The quantitative estimate of drug-likeness (QED) is 0.866. The normalized spacial score (nSPS) is 11.9. The second-order valence-corrected chi connectivity index (χ2v) is 7.55. The van der Waals surface area contributed by atoms with Gasteiger partial charge < -0.3 is 5.73 Å². The first-order valence-electron chi connectivity index (χ1n) is 6.29. The van der Waals surface area contributed by atoms with E-state index in [4.69, 9.17) is 5.73 Å². The summed E-state index contributed by atoms with van der Waals surface area (Å²) in [5, 5.41) is 0.961. The maximum Gasteiger partial charge on any atom is 0.125 e. The van der Waals surface area contributed by atoms with Gasteiger partial charge in [0.05, 0.1) is 4.88 Å². The van der Waals surface area contributed by atoms with Crippen molar-refractivity contribution in [1.29, 1.82) is 0 Å². The van der Waals surface area contributed by atoms with Gasteiger partial charge in [-0.3, -0.25) is 0 Å². The summed E-state index contributed by atoms with van der Waals surface area (Å²) in [4.78, 5) is 5.62. The Hall–Kier alpha value is -0.710. The number of benzene rings is 1. The maximum absolute atomic E-state index is 5.67. The highest BCUT2D eigenvalue weighted by Gasteiger charge is 2.18. The number of aromatic nitrogens is 1. The summed E-state index contributed by atoms with van der Waals surface area (Å²) in [7, 11) is 0. The van der Waals surface area contributed by atoms with E-state index in [0.29, 0.717) is 6.54 Å². The van der Waals surface area contributed by atoms with E-state index in [2.05, 4.69) is 66.8 Å². The van der Waals surface area contributed by atoms with Crippen molar-refractivity contribution in [3.8, 4) is 10.4 Å². The van der Waals surface area contributed by atoms with Crippen LogP contribution in [0.15, 0.2) is 22.8 Å². The first kappa shape index (κ1) is 14.7. The monoisotopic (exact) mass is 338 g/mol. The second-order valence-electron chi connectivity index (χ2n) is 5.71. The molecule has 0 aliphatic rings. The lowest BCUT2D eigenvalue weighted by Gasteiger charge is -2.20. The van der Waals surface area contributed by atoms with Crippen LogP contribution in [0.25, 0.3) is 10.4 Å². The van der Waals surface area contributed by atoms with Crippen LogP contribution in [0.2, 0.25) is 0 Å². The van der Waals surface area contributed by atoms with Crippen molar-refractivity contribution in [2.24, 2.45) is 5.73 Å². The van der Waals surface area contributed by atoms with Gasteiger partial charge in [-0.25, -0.2) is 4.98 Å². The molecule has 4 heteroatoms. The fraction of sp³-hybridized carbons (Fsp3) is 0.400. The van der Waals surface area contributed by atoms with Crippen molar-refractivity contribution in [3.05, 3.63) is 38.9 Å². The molecule has 0 bridgehead atoms. The molecule has 2 nitrogen and oxygen atoms in total. The van der Waals surface area contributed by atoms with E-state index in [1.54, 1.807) is 11.3 Å². The molecule has 1 aromatic heterocycles. The minimum absolute atomic E-state index is 0.149. The molecule has 0 saturated heterocycles. The number of aryl methyl sites for hydroxylation is 1. The molecule has 2 aromatic rings. The largest absolute Gasteiger partial charge is 0.325 e. The highest BCUT2D eigenvalue weighted by atomic mass is 79.9. The number of rotatable bonds is 2. The summed E-state index contributed by atoms with van der Waals surface area (Å²) < 4.78 is 0.895. The molecule has 0 unspecified atom stereocenters. The van der Waals surface area contributed by atoms with E-state index in [9.17, 15) is 0 Å². The van der Waals surface area contributed by atoms with Gasteiger partial charge in [-0.05, 0) is 51.0 Å². The molecule has 0 amide bonds. The topological polar surface area (TPSA) is 38.9 Å². The van der Waals surface area contributed by atoms with Crippen LogP contribution < -0.4 is 5.73 Å². The Balaban J connectivity index is 2.57. The van der Waals surface area contributed by atoms with Crippen LogP contribution in [0.3, 0.4) is 0 Å². The number of halogens is 1. The molecule has 0 atom stereocenters. The molecular weight excluding hydrogens is 320 g/mol. The average molecular weight is 339 g/mol. The van der Waals surface area contributed by atoms with Gasteiger partial charge >= 0.3 is 0 Å². The van der Waals surface area contributed by atoms with Crippen molar-refractivity contribution in [2.45, 2.75) is 39.7 Å². The fourth-order valence-electron chi connectivity index (χ4n) is 1.93. The molecule has 0 fully saturated rings. The van der Waals surface area contributed by atoms with E-state index in [1.165, 1.54) is 21.6 Å². The minimum Gasteiger partial charge on any atom is -0.325 e. The molecule has 2 rings (SSSR count). The summed E-state index contributed by atoms with van der Waals surface area (Å²) in [6.45, 7) is 9.31. The molecular formula is C15H19BrN2S. The SMILES string of the molecule is Cc1ccc(C(C)(C)C)cc1-c1sc(CN)nc1Br. The molecule has 1 aromatic carbocycles. The van der Waals surface area contributed by atoms with Crippen LogP contribution in [-0.4, -0.2) is 4.98 Å².